The van der Waals surface area contributed by atoms with E-state index in [2.05, 4.69) is 5.32 Å². The summed E-state index contributed by atoms with van der Waals surface area (Å²) in [5.41, 5.74) is 9.76. The summed E-state index contributed by atoms with van der Waals surface area (Å²) in [7, 11) is 1.37. The molecule has 0 unspecified atom stereocenters. The maximum Gasteiger partial charge on any atom is 0.321 e. The SMILES string of the molecule is COC(=O)CCc1cccc(N2CCCNC2=O)c1-c1ccc(C(=N)N)cc1.Cl. The molecular weight excluding hydrogens is 392 g/mol. The first-order valence-electron chi connectivity index (χ1n) is 9.20. The fourth-order valence-electron chi connectivity index (χ4n) is 3.37. The lowest BCUT2D eigenvalue weighted by Gasteiger charge is -2.30. The van der Waals surface area contributed by atoms with Gasteiger partial charge in [-0.25, -0.2) is 4.79 Å². The molecule has 1 saturated heterocycles. The molecule has 0 saturated carbocycles. The predicted molar refractivity (Wildman–Crippen MR) is 116 cm³/mol. The first-order chi connectivity index (χ1) is 13.5. The molecule has 3 rings (SSSR count). The van der Waals surface area contributed by atoms with E-state index in [0.717, 1.165) is 28.8 Å². The number of carbonyl (C=O) groups is 2. The van der Waals surface area contributed by atoms with Gasteiger partial charge in [0.2, 0.25) is 0 Å². The number of nitrogen functional groups attached to an aromatic ring is 1. The van der Waals surface area contributed by atoms with Crippen LogP contribution >= 0.6 is 12.4 Å². The molecule has 7 nitrogen and oxygen atoms in total. The van der Waals surface area contributed by atoms with Gasteiger partial charge in [0.25, 0.3) is 0 Å². The number of nitrogens with zero attached hydrogens (tertiary/aromatic N) is 1. The molecule has 154 valence electrons. The summed E-state index contributed by atoms with van der Waals surface area (Å²) in [6.07, 6.45) is 1.62. The Morgan fingerprint density at radius 1 is 1.24 bits per heavy atom. The van der Waals surface area contributed by atoms with Crippen molar-refractivity contribution in [3.63, 3.8) is 0 Å². The Kier molecular flexibility index (Phi) is 7.61. The molecule has 4 N–H and O–H groups in total. The number of carbonyl (C=O) groups excluding carboxylic acids is 2. The summed E-state index contributed by atoms with van der Waals surface area (Å²) in [4.78, 5) is 25.8. The summed E-state index contributed by atoms with van der Waals surface area (Å²) in [6.45, 7) is 1.30. The number of methoxy groups -OCH3 is 1. The fourth-order valence-corrected chi connectivity index (χ4v) is 3.37. The quantitative estimate of drug-likeness (QED) is 0.382. The molecule has 2 amide bonds. The number of rotatable bonds is 6. The molecule has 0 radical (unpaired) electrons. The van der Waals surface area contributed by atoms with Gasteiger partial charge in [-0.05, 0) is 30.0 Å². The lowest BCUT2D eigenvalue weighted by molar-refractivity contribution is -0.140. The van der Waals surface area contributed by atoms with E-state index in [1.165, 1.54) is 7.11 Å². The summed E-state index contributed by atoms with van der Waals surface area (Å²) in [5.74, 6) is -0.278. The van der Waals surface area contributed by atoms with E-state index >= 15 is 0 Å². The highest BCUT2D eigenvalue weighted by Gasteiger charge is 2.24. The van der Waals surface area contributed by atoms with Gasteiger partial charge in [-0.2, -0.15) is 0 Å². The average Bonchev–Trinajstić information content (AvgIpc) is 2.72. The molecule has 1 heterocycles. The second kappa shape index (κ2) is 9.93. The number of amides is 2. The molecule has 1 aliphatic rings. The van der Waals surface area contributed by atoms with Crippen molar-refractivity contribution in [1.82, 2.24) is 5.32 Å². The molecule has 0 spiro atoms. The van der Waals surface area contributed by atoms with Crippen LogP contribution in [0.15, 0.2) is 42.5 Å². The van der Waals surface area contributed by atoms with Crippen LogP contribution in [0.25, 0.3) is 11.1 Å². The number of hydrogen-bond acceptors (Lipinski definition) is 4. The number of esters is 1. The third-order valence-corrected chi connectivity index (χ3v) is 4.81. The van der Waals surface area contributed by atoms with Gasteiger partial charge in [0.1, 0.15) is 5.84 Å². The maximum atomic E-state index is 12.4. The Morgan fingerprint density at radius 2 is 1.97 bits per heavy atom. The van der Waals surface area contributed by atoms with E-state index in [1.54, 1.807) is 17.0 Å². The highest BCUT2D eigenvalue weighted by Crippen LogP contribution is 2.36. The van der Waals surface area contributed by atoms with Crippen LogP contribution in [0.2, 0.25) is 0 Å². The van der Waals surface area contributed by atoms with Crippen LogP contribution in [0.3, 0.4) is 0 Å². The third kappa shape index (κ3) is 5.06. The predicted octanol–water partition coefficient (Wildman–Crippen LogP) is 3.08. The van der Waals surface area contributed by atoms with Crippen molar-refractivity contribution in [2.75, 3.05) is 25.1 Å². The lowest BCUT2D eigenvalue weighted by atomic mass is 9.93. The Balaban J connectivity index is 0.00000300. The minimum Gasteiger partial charge on any atom is -0.469 e. The number of anilines is 1. The van der Waals surface area contributed by atoms with Crippen molar-refractivity contribution in [1.29, 1.82) is 5.41 Å². The molecular formula is C21H25ClN4O3. The van der Waals surface area contributed by atoms with E-state index in [9.17, 15) is 9.59 Å². The van der Waals surface area contributed by atoms with Crippen molar-refractivity contribution in [2.45, 2.75) is 19.3 Å². The van der Waals surface area contributed by atoms with E-state index in [0.29, 0.717) is 25.1 Å². The van der Waals surface area contributed by atoms with Crippen LogP contribution in [-0.2, 0) is 16.0 Å². The maximum absolute atomic E-state index is 12.4. The van der Waals surface area contributed by atoms with Crippen LogP contribution in [0.4, 0.5) is 10.5 Å². The molecule has 0 bridgehead atoms. The molecule has 0 aromatic heterocycles. The first kappa shape index (κ1) is 22.2. The fraction of sp³-hybridized carbons (Fsp3) is 0.286. The number of halogens is 1. The van der Waals surface area contributed by atoms with Gasteiger partial charge < -0.3 is 15.8 Å². The van der Waals surface area contributed by atoms with Crippen molar-refractivity contribution in [2.24, 2.45) is 5.73 Å². The zero-order valence-corrected chi connectivity index (χ0v) is 17.1. The smallest absolute Gasteiger partial charge is 0.321 e. The van der Waals surface area contributed by atoms with Crippen molar-refractivity contribution in [3.05, 3.63) is 53.6 Å². The highest BCUT2D eigenvalue weighted by atomic mass is 35.5. The van der Waals surface area contributed by atoms with Gasteiger partial charge in [0.15, 0.2) is 0 Å². The van der Waals surface area contributed by atoms with Crippen LogP contribution < -0.4 is 16.0 Å². The molecule has 0 aliphatic carbocycles. The number of urea groups is 1. The number of benzene rings is 2. The van der Waals surface area contributed by atoms with Crippen LogP contribution in [-0.4, -0.2) is 38.0 Å². The van der Waals surface area contributed by atoms with Gasteiger partial charge in [-0.15, -0.1) is 12.4 Å². The van der Waals surface area contributed by atoms with Gasteiger partial charge in [-0.1, -0.05) is 36.4 Å². The number of hydrogen-bond donors (Lipinski definition) is 3. The average molecular weight is 417 g/mol. The second-order valence-corrected chi connectivity index (χ2v) is 6.62. The standard InChI is InChI=1S/C21H24N4O3.ClH/c1-28-18(26)11-10-14-4-2-5-17(25-13-3-12-24-21(25)27)19(14)15-6-8-16(9-7-15)20(22)23;/h2,4-9H,3,10-13H2,1H3,(H3,22,23)(H,24,27);1H. The number of nitrogens with two attached hydrogens (primary N) is 1. The minimum absolute atomic E-state index is 0. The summed E-state index contributed by atoms with van der Waals surface area (Å²) >= 11 is 0. The number of aryl methyl sites for hydroxylation is 1. The summed E-state index contributed by atoms with van der Waals surface area (Å²) in [5, 5.41) is 10.5. The zero-order valence-electron chi connectivity index (χ0n) is 16.2. The number of amidine groups is 1. The molecule has 29 heavy (non-hydrogen) atoms. The largest absolute Gasteiger partial charge is 0.469 e. The third-order valence-electron chi connectivity index (χ3n) is 4.81. The highest BCUT2D eigenvalue weighted by molar-refractivity contribution is 5.99. The second-order valence-electron chi connectivity index (χ2n) is 6.62. The van der Waals surface area contributed by atoms with Crippen LogP contribution in [0.1, 0.15) is 24.0 Å². The Labute approximate surface area is 176 Å². The van der Waals surface area contributed by atoms with E-state index in [1.807, 2.05) is 30.3 Å². The molecule has 0 atom stereocenters. The molecule has 2 aromatic carbocycles. The van der Waals surface area contributed by atoms with Crippen molar-refractivity contribution >= 4 is 35.9 Å². The van der Waals surface area contributed by atoms with E-state index in [-0.39, 0.29) is 36.7 Å². The molecule has 8 heteroatoms. The molecule has 1 aliphatic heterocycles. The minimum atomic E-state index is -0.279. The van der Waals surface area contributed by atoms with Gasteiger partial charge in [-0.3, -0.25) is 15.1 Å². The van der Waals surface area contributed by atoms with Crippen molar-refractivity contribution < 1.29 is 14.3 Å². The normalized spacial score (nSPS) is 13.3. The van der Waals surface area contributed by atoms with Gasteiger partial charge in [0.05, 0.1) is 12.8 Å². The lowest BCUT2D eigenvalue weighted by Crippen LogP contribution is -2.46. The monoisotopic (exact) mass is 416 g/mol. The Bertz CT molecular complexity index is 899. The first-order valence-corrected chi connectivity index (χ1v) is 9.20. The van der Waals surface area contributed by atoms with E-state index < -0.39 is 0 Å². The topological polar surface area (TPSA) is 109 Å². The van der Waals surface area contributed by atoms with Crippen molar-refractivity contribution in [3.8, 4) is 11.1 Å². The van der Waals surface area contributed by atoms with Crippen LogP contribution in [0, 0.1) is 5.41 Å². The molecule has 2 aromatic rings. The van der Waals surface area contributed by atoms with Gasteiger partial charge in [0, 0.05) is 30.6 Å². The summed E-state index contributed by atoms with van der Waals surface area (Å²) in [6, 6.07) is 13.0. The zero-order chi connectivity index (χ0) is 20.1. The van der Waals surface area contributed by atoms with Gasteiger partial charge >= 0.3 is 12.0 Å². The Hall–Kier alpha value is -3.06. The Morgan fingerprint density at radius 3 is 2.59 bits per heavy atom. The summed E-state index contributed by atoms with van der Waals surface area (Å²) < 4.78 is 4.77. The number of nitrogens with one attached hydrogen (secondary N) is 2. The molecule has 1 fully saturated rings. The number of ether oxygens (including phenoxy) is 1. The van der Waals surface area contributed by atoms with Crippen LogP contribution in [0.5, 0.6) is 0 Å². The van der Waals surface area contributed by atoms with E-state index in [4.69, 9.17) is 15.9 Å².